The quantitative estimate of drug-likeness (QED) is 0.303. The van der Waals surface area contributed by atoms with Crippen LogP contribution in [0.3, 0.4) is 0 Å². The second-order valence-corrected chi connectivity index (χ2v) is 13.4. The lowest BCUT2D eigenvalue weighted by molar-refractivity contribution is 0.156. The number of aliphatic hydroxyl groups excluding tert-OH is 1. The van der Waals surface area contributed by atoms with Crippen molar-refractivity contribution in [2.45, 2.75) is 70.9 Å². The van der Waals surface area contributed by atoms with Gasteiger partial charge in [-0.25, -0.2) is 0 Å². The lowest BCUT2D eigenvalue weighted by atomic mass is 10.0. The molecule has 0 heterocycles. The Kier molecular flexibility index (Phi) is 8.88. The van der Waals surface area contributed by atoms with E-state index in [9.17, 15) is 5.11 Å². The van der Waals surface area contributed by atoms with Crippen LogP contribution in [-0.4, -0.2) is 26.1 Å². The van der Waals surface area contributed by atoms with E-state index < -0.39 is 8.32 Å². The lowest BCUT2D eigenvalue weighted by Crippen LogP contribution is -2.66. The fourth-order valence-corrected chi connectivity index (χ4v) is 8.67. The molecule has 0 aliphatic rings. The van der Waals surface area contributed by atoms with E-state index in [4.69, 9.17) is 4.43 Å². The molecule has 0 saturated carbocycles. The maximum absolute atomic E-state index is 10.4. The van der Waals surface area contributed by atoms with E-state index in [1.807, 2.05) is 0 Å². The van der Waals surface area contributed by atoms with Crippen molar-refractivity contribution in [3.8, 4) is 0 Å². The molecule has 1 N–H and O–H groups in total. The Bertz CT molecular complexity index is 695. The summed E-state index contributed by atoms with van der Waals surface area (Å²) in [5.74, 6) is 0. The van der Waals surface area contributed by atoms with Gasteiger partial charge in [-0.05, 0) is 28.3 Å². The second kappa shape index (κ2) is 10.9. The maximum Gasteiger partial charge on any atom is 0.261 e. The molecule has 3 heteroatoms. The van der Waals surface area contributed by atoms with E-state index in [2.05, 4.69) is 94.9 Å². The zero-order valence-electron chi connectivity index (χ0n) is 18.7. The first-order valence-corrected chi connectivity index (χ1v) is 12.8. The molecule has 0 radical (unpaired) electrons. The summed E-state index contributed by atoms with van der Waals surface area (Å²) in [7, 11) is -2.54. The predicted octanol–water partition coefficient (Wildman–Crippen LogP) is 5.45. The summed E-state index contributed by atoms with van der Waals surface area (Å²) in [6.45, 7) is 13.7. The van der Waals surface area contributed by atoms with Gasteiger partial charge in [-0.3, -0.25) is 0 Å². The van der Waals surface area contributed by atoms with E-state index in [0.717, 1.165) is 18.4 Å². The molecule has 2 aromatic carbocycles. The summed E-state index contributed by atoms with van der Waals surface area (Å²) in [5.41, 5.74) is 0.974. The Morgan fingerprint density at radius 1 is 0.966 bits per heavy atom. The molecule has 0 aliphatic carbocycles. The van der Waals surface area contributed by atoms with Crippen LogP contribution >= 0.6 is 0 Å². The third-order valence-corrected chi connectivity index (χ3v) is 10.6. The highest BCUT2D eigenvalue weighted by Crippen LogP contribution is 2.37. The van der Waals surface area contributed by atoms with Crippen LogP contribution in [0, 0.1) is 0 Å². The summed E-state index contributed by atoms with van der Waals surface area (Å²) < 4.78 is 6.88. The number of rotatable bonds is 11. The smallest absolute Gasteiger partial charge is 0.261 e. The van der Waals surface area contributed by atoms with E-state index in [1.54, 1.807) is 0 Å². The standard InChI is InChI=1S/C26H38O2Si/c1-6-7-10-15-23(27)20-22(2)21-28-29(26(3,4)5,24-16-11-8-12-17-24)25-18-13-9-14-19-25/h8-9,11-14,16-19,23,27H,2,6-7,10,15,20-21H2,1,3-5H3/t23-/m1/s1. The molecule has 2 aromatic rings. The summed E-state index contributed by atoms with van der Waals surface area (Å²) in [6, 6.07) is 21.3. The van der Waals surface area contributed by atoms with Crippen molar-refractivity contribution in [3.63, 3.8) is 0 Å². The largest absolute Gasteiger partial charge is 0.403 e. The number of benzene rings is 2. The molecule has 0 saturated heterocycles. The van der Waals surface area contributed by atoms with Gasteiger partial charge in [0.15, 0.2) is 0 Å². The fraction of sp³-hybridized carbons (Fsp3) is 0.462. The number of hydrogen-bond acceptors (Lipinski definition) is 2. The second-order valence-electron chi connectivity index (χ2n) is 9.06. The zero-order valence-corrected chi connectivity index (χ0v) is 19.7. The molecule has 2 rings (SSSR count). The summed E-state index contributed by atoms with van der Waals surface area (Å²) in [6.07, 6.45) is 4.54. The minimum absolute atomic E-state index is 0.0459. The van der Waals surface area contributed by atoms with Crippen LogP contribution < -0.4 is 10.4 Å². The van der Waals surface area contributed by atoms with Crippen LogP contribution in [0.15, 0.2) is 72.8 Å². The van der Waals surface area contributed by atoms with Crippen molar-refractivity contribution in [1.82, 2.24) is 0 Å². The van der Waals surface area contributed by atoms with Crippen LogP contribution in [0.5, 0.6) is 0 Å². The first-order valence-electron chi connectivity index (χ1n) is 10.9. The fourth-order valence-electron chi connectivity index (χ4n) is 4.10. The summed E-state index contributed by atoms with van der Waals surface area (Å²) in [4.78, 5) is 0. The van der Waals surface area contributed by atoms with Crippen molar-refractivity contribution < 1.29 is 9.53 Å². The zero-order chi connectivity index (χ0) is 21.3. The molecular formula is C26H38O2Si. The van der Waals surface area contributed by atoms with E-state index in [-0.39, 0.29) is 11.1 Å². The molecule has 0 fully saturated rings. The molecule has 0 spiro atoms. The molecular weight excluding hydrogens is 372 g/mol. The average Bonchev–Trinajstić information content (AvgIpc) is 2.69. The summed E-state index contributed by atoms with van der Waals surface area (Å²) in [5, 5.41) is 12.9. The topological polar surface area (TPSA) is 29.5 Å². The van der Waals surface area contributed by atoms with Gasteiger partial charge in [0.1, 0.15) is 0 Å². The van der Waals surface area contributed by atoms with Gasteiger partial charge in [-0.15, -0.1) is 0 Å². The van der Waals surface area contributed by atoms with Gasteiger partial charge in [-0.2, -0.15) is 0 Å². The number of aliphatic hydroxyl groups is 1. The van der Waals surface area contributed by atoms with Gasteiger partial charge in [0.05, 0.1) is 12.7 Å². The molecule has 0 unspecified atom stereocenters. The van der Waals surface area contributed by atoms with Gasteiger partial charge < -0.3 is 9.53 Å². The molecule has 2 nitrogen and oxygen atoms in total. The predicted molar refractivity (Wildman–Crippen MR) is 127 cm³/mol. The highest BCUT2D eigenvalue weighted by molar-refractivity contribution is 6.99. The van der Waals surface area contributed by atoms with Crippen LogP contribution in [0.2, 0.25) is 5.04 Å². The van der Waals surface area contributed by atoms with Crippen molar-refractivity contribution in [2.24, 2.45) is 0 Å². The highest BCUT2D eigenvalue weighted by atomic mass is 28.4. The van der Waals surface area contributed by atoms with Crippen LogP contribution in [0.4, 0.5) is 0 Å². The van der Waals surface area contributed by atoms with E-state index in [1.165, 1.54) is 23.2 Å². The molecule has 0 amide bonds. The van der Waals surface area contributed by atoms with Gasteiger partial charge in [0, 0.05) is 0 Å². The van der Waals surface area contributed by atoms with Crippen LogP contribution in [0.1, 0.15) is 59.8 Å². The molecule has 158 valence electrons. The van der Waals surface area contributed by atoms with Crippen molar-refractivity contribution in [2.75, 3.05) is 6.61 Å². The minimum Gasteiger partial charge on any atom is -0.403 e. The Morgan fingerprint density at radius 3 is 1.93 bits per heavy atom. The molecule has 1 atom stereocenters. The van der Waals surface area contributed by atoms with Crippen molar-refractivity contribution in [3.05, 3.63) is 72.8 Å². The molecule has 29 heavy (non-hydrogen) atoms. The van der Waals surface area contributed by atoms with E-state index in [0.29, 0.717) is 13.0 Å². The third-order valence-electron chi connectivity index (χ3n) is 5.57. The van der Waals surface area contributed by atoms with Gasteiger partial charge in [0.2, 0.25) is 0 Å². The first kappa shape index (κ1) is 23.6. The molecule has 0 aliphatic heterocycles. The van der Waals surface area contributed by atoms with Crippen LogP contribution in [-0.2, 0) is 4.43 Å². The van der Waals surface area contributed by atoms with Gasteiger partial charge in [-0.1, -0.05) is 120 Å². The third kappa shape index (κ3) is 6.15. The highest BCUT2D eigenvalue weighted by Gasteiger charge is 2.50. The number of unbranched alkanes of at least 4 members (excludes halogenated alkanes) is 2. The molecule has 0 bridgehead atoms. The van der Waals surface area contributed by atoms with Crippen molar-refractivity contribution >= 4 is 18.7 Å². The van der Waals surface area contributed by atoms with Crippen molar-refractivity contribution in [1.29, 1.82) is 0 Å². The maximum atomic E-state index is 10.4. The Hall–Kier alpha value is -1.68. The Labute approximate surface area is 178 Å². The Balaban J connectivity index is 2.26. The minimum atomic E-state index is -2.54. The SMILES string of the molecule is C=C(CO[Si](c1ccccc1)(c1ccccc1)C(C)(C)C)C[C@H](O)CCCCC. The van der Waals surface area contributed by atoms with Gasteiger partial charge >= 0.3 is 0 Å². The average molecular weight is 411 g/mol. The molecule has 0 aromatic heterocycles. The Morgan fingerprint density at radius 2 is 1.48 bits per heavy atom. The van der Waals surface area contributed by atoms with E-state index >= 15 is 0 Å². The first-order chi connectivity index (χ1) is 13.8. The monoisotopic (exact) mass is 410 g/mol. The normalized spacial score (nSPS) is 13.3. The summed E-state index contributed by atoms with van der Waals surface area (Å²) >= 11 is 0. The van der Waals surface area contributed by atoms with Crippen LogP contribution in [0.25, 0.3) is 0 Å². The van der Waals surface area contributed by atoms with Gasteiger partial charge in [0.25, 0.3) is 8.32 Å². The lowest BCUT2D eigenvalue weighted by Gasteiger charge is -2.43. The number of hydrogen-bond donors (Lipinski definition) is 1.